The van der Waals surface area contributed by atoms with Gasteiger partial charge < -0.3 is 5.32 Å². The molecule has 27 heavy (non-hydrogen) atoms. The van der Waals surface area contributed by atoms with Crippen molar-refractivity contribution in [3.05, 3.63) is 58.2 Å². The van der Waals surface area contributed by atoms with Gasteiger partial charge in [-0.05, 0) is 48.0 Å². The van der Waals surface area contributed by atoms with Gasteiger partial charge in [-0.2, -0.15) is 5.10 Å². The van der Waals surface area contributed by atoms with Crippen LogP contribution in [0.2, 0.25) is 0 Å². The van der Waals surface area contributed by atoms with Gasteiger partial charge in [0.2, 0.25) is 5.91 Å². The molecular weight excluding hydrogens is 376 g/mol. The Hall–Kier alpha value is -2.25. The normalized spacial score (nSPS) is 12.7. The Labute approximate surface area is 168 Å². The molecular formula is C20H24N4OS2. The highest BCUT2D eigenvalue weighted by Gasteiger charge is 2.24. The van der Waals surface area contributed by atoms with Gasteiger partial charge in [0.15, 0.2) is 10.6 Å². The molecule has 0 bridgehead atoms. The van der Waals surface area contributed by atoms with Crippen molar-refractivity contribution in [1.82, 2.24) is 20.1 Å². The molecule has 2 N–H and O–H groups in total. The summed E-state index contributed by atoms with van der Waals surface area (Å²) in [5, 5.41) is 12.2. The van der Waals surface area contributed by atoms with Crippen molar-refractivity contribution >= 4 is 29.5 Å². The van der Waals surface area contributed by atoms with Gasteiger partial charge in [-0.15, -0.1) is 11.3 Å². The largest absolute Gasteiger partial charge is 0.354 e. The molecule has 0 saturated heterocycles. The third-order valence-corrected chi connectivity index (χ3v) is 5.63. The van der Waals surface area contributed by atoms with Crippen molar-refractivity contribution in [2.75, 3.05) is 6.54 Å². The van der Waals surface area contributed by atoms with Crippen LogP contribution in [0.5, 0.6) is 0 Å². The second-order valence-electron chi connectivity index (χ2n) is 7.42. The summed E-state index contributed by atoms with van der Waals surface area (Å²) in [7, 11) is 0. The highest BCUT2D eigenvalue weighted by Crippen LogP contribution is 2.26. The molecule has 142 valence electrons. The second-order valence-corrected chi connectivity index (χ2v) is 8.75. The van der Waals surface area contributed by atoms with Crippen LogP contribution in [-0.4, -0.2) is 27.2 Å². The zero-order chi connectivity index (χ0) is 19.4. The van der Waals surface area contributed by atoms with Crippen molar-refractivity contribution in [2.45, 2.75) is 33.2 Å². The fraction of sp³-hybridized carbons (Fsp3) is 0.350. The van der Waals surface area contributed by atoms with Crippen LogP contribution in [0.4, 0.5) is 0 Å². The third kappa shape index (κ3) is 4.73. The Kier molecular flexibility index (Phi) is 5.92. The maximum absolute atomic E-state index is 12.8. The van der Waals surface area contributed by atoms with E-state index in [0.29, 0.717) is 17.1 Å². The number of rotatable bonds is 7. The summed E-state index contributed by atoms with van der Waals surface area (Å²) in [5.41, 5.74) is 1.22. The number of hydrogen-bond donors (Lipinski definition) is 2. The van der Waals surface area contributed by atoms with Gasteiger partial charge in [0.25, 0.3) is 0 Å². The van der Waals surface area contributed by atoms with Crippen molar-refractivity contribution < 1.29 is 4.79 Å². The third-order valence-electron chi connectivity index (χ3n) is 4.48. The molecule has 1 unspecified atom stereocenters. The highest BCUT2D eigenvalue weighted by atomic mass is 32.1. The molecule has 0 radical (unpaired) electrons. The SMILES string of the molecule is CC(C(=O)NCC(C)(C)Cc1ccccc1)n1c(-c2cccs2)n[nH]c1=S. The van der Waals surface area contributed by atoms with E-state index in [1.54, 1.807) is 15.9 Å². The number of nitrogens with one attached hydrogen (secondary N) is 2. The minimum atomic E-state index is -0.444. The maximum atomic E-state index is 12.8. The molecule has 7 heteroatoms. The maximum Gasteiger partial charge on any atom is 0.242 e. The van der Waals surface area contributed by atoms with Crippen LogP contribution in [0.3, 0.4) is 0 Å². The summed E-state index contributed by atoms with van der Waals surface area (Å²) in [6.07, 6.45) is 0.897. The minimum absolute atomic E-state index is 0.0504. The predicted octanol–water partition coefficient (Wildman–Crippen LogP) is 4.62. The van der Waals surface area contributed by atoms with Crippen LogP contribution in [-0.2, 0) is 11.2 Å². The van der Waals surface area contributed by atoms with E-state index >= 15 is 0 Å². The lowest BCUT2D eigenvalue weighted by Crippen LogP contribution is -2.38. The van der Waals surface area contributed by atoms with Crippen LogP contribution in [0, 0.1) is 10.2 Å². The molecule has 0 fully saturated rings. The summed E-state index contributed by atoms with van der Waals surface area (Å²) >= 11 is 6.93. The van der Waals surface area contributed by atoms with Crippen molar-refractivity contribution in [3.63, 3.8) is 0 Å². The molecule has 2 aromatic heterocycles. The summed E-state index contributed by atoms with van der Waals surface area (Å²) in [6, 6.07) is 13.8. The fourth-order valence-electron chi connectivity index (χ4n) is 3.05. The van der Waals surface area contributed by atoms with Gasteiger partial charge in [0.1, 0.15) is 6.04 Å². The first-order chi connectivity index (χ1) is 12.9. The van der Waals surface area contributed by atoms with Gasteiger partial charge >= 0.3 is 0 Å². The summed E-state index contributed by atoms with van der Waals surface area (Å²) in [5.74, 6) is 0.632. The summed E-state index contributed by atoms with van der Waals surface area (Å²) in [4.78, 5) is 13.8. The van der Waals surface area contributed by atoms with Crippen LogP contribution in [0.25, 0.3) is 10.7 Å². The fourth-order valence-corrected chi connectivity index (χ4v) is 4.05. The number of nitrogens with zero attached hydrogens (tertiary/aromatic N) is 2. The standard InChI is InChI=1S/C20H24N4OS2/c1-14(24-17(22-23-19(24)26)16-10-7-11-27-16)18(25)21-13-20(2,3)12-15-8-5-4-6-9-15/h4-11,14H,12-13H2,1-3H3,(H,21,25)(H,23,26). The van der Waals surface area contributed by atoms with Gasteiger partial charge in [-0.25, -0.2) is 0 Å². The number of amides is 1. The van der Waals surface area contributed by atoms with E-state index in [2.05, 4.69) is 41.5 Å². The lowest BCUT2D eigenvalue weighted by atomic mass is 9.85. The van der Waals surface area contributed by atoms with E-state index in [9.17, 15) is 4.79 Å². The van der Waals surface area contributed by atoms with Gasteiger partial charge in [-0.3, -0.25) is 14.5 Å². The zero-order valence-electron chi connectivity index (χ0n) is 15.7. The average molecular weight is 401 g/mol. The van der Waals surface area contributed by atoms with E-state index in [0.717, 1.165) is 11.3 Å². The lowest BCUT2D eigenvalue weighted by molar-refractivity contribution is -0.124. The van der Waals surface area contributed by atoms with Crippen molar-refractivity contribution in [2.24, 2.45) is 5.41 Å². The number of aromatic amines is 1. The lowest BCUT2D eigenvalue weighted by Gasteiger charge is -2.26. The molecule has 0 aliphatic rings. The monoisotopic (exact) mass is 400 g/mol. The van der Waals surface area contributed by atoms with Gasteiger partial charge in [0.05, 0.1) is 4.88 Å². The smallest absolute Gasteiger partial charge is 0.242 e. The molecule has 0 aliphatic carbocycles. The van der Waals surface area contributed by atoms with Crippen molar-refractivity contribution in [3.8, 4) is 10.7 Å². The summed E-state index contributed by atoms with van der Waals surface area (Å²) < 4.78 is 2.23. The zero-order valence-corrected chi connectivity index (χ0v) is 17.4. The Bertz CT molecular complexity index is 942. The molecule has 0 saturated carbocycles. The Morgan fingerprint density at radius 1 is 1.30 bits per heavy atom. The van der Waals surface area contributed by atoms with E-state index in [-0.39, 0.29) is 11.3 Å². The number of carbonyl (C=O) groups excluding carboxylic acids is 1. The molecule has 0 spiro atoms. The number of hydrogen-bond acceptors (Lipinski definition) is 4. The molecule has 5 nitrogen and oxygen atoms in total. The predicted molar refractivity (Wildman–Crippen MR) is 112 cm³/mol. The number of thiophene rings is 1. The van der Waals surface area contributed by atoms with E-state index in [1.165, 1.54) is 5.56 Å². The molecule has 1 amide bonds. The quantitative estimate of drug-likeness (QED) is 0.569. The minimum Gasteiger partial charge on any atom is -0.354 e. The van der Waals surface area contributed by atoms with E-state index in [4.69, 9.17) is 12.2 Å². The molecule has 3 aromatic rings. The van der Waals surface area contributed by atoms with E-state index in [1.807, 2.05) is 42.6 Å². The second kappa shape index (κ2) is 8.19. The number of aromatic nitrogens is 3. The van der Waals surface area contributed by atoms with Gasteiger partial charge in [-0.1, -0.05) is 50.2 Å². The van der Waals surface area contributed by atoms with E-state index < -0.39 is 6.04 Å². The van der Waals surface area contributed by atoms with Crippen molar-refractivity contribution in [1.29, 1.82) is 0 Å². The summed E-state index contributed by atoms with van der Waals surface area (Å²) in [6.45, 7) is 6.75. The highest BCUT2D eigenvalue weighted by molar-refractivity contribution is 7.71. The van der Waals surface area contributed by atoms with Crippen LogP contribution in [0.15, 0.2) is 47.8 Å². The molecule has 1 aromatic carbocycles. The molecule has 3 rings (SSSR count). The van der Waals surface area contributed by atoms with Gasteiger partial charge in [0, 0.05) is 6.54 Å². The molecule has 2 heterocycles. The van der Waals surface area contributed by atoms with Crippen LogP contribution < -0.4 is 5.32 Å². The Morgan fingerprint density at radius 3 is 2.70 bits per heavy atom. The Balaban J connectivity index is 1.68. The first kappa shape index (κ1) is 19.5. The Morgan fingerprint density at radius 2 is 2.04 bits per heavy atom. The number of carbonyl (C=O) groups is 1. The topological polar surface area (TPSA) is 62.7 Å². The first-order valence-electron chi connectivity index (χ1n) is 8.90. The van der Waals surface area contributed by atoms with Crippen LogP contribution >= 0.6 is 23.6 Å². The number of H-pyrrole nitrogens is 1. The molecule has 1 atom stereocenters. The average Bonchev–Trinajstić information content (AvgIpc) is 3.29. The van der Waals surface area contributed by atoms with Crippen LogP contribution in [0.1, 0.15) is 32.4 Å². The first-order valence-corrected chi connectivity index (χ1v) is 10.2. The number of benzene rings is 1. The molecule has 0 aliphatic heterocycles.